The number of halogens is 1. The Morgan fingerprint density at radius 2 is 1.79 bits per heavy atom. The van der Waals surface area contributed by atoms with Crippen LogP contribution in [0.25, 0.3) is 4.91 Å². The Bertz CT molecular complexity index is 1020. The van der Waals surface area contributed by atoms with Crippen molar-refractivity contribution in [1.29, 1.82) is 0 Å². The van der Waals surface area contributed by atoms with Crippen LogP contribution in [0.5, 0.6) is 0 Å². The second-order valence-corrected chi connectivity index (χ2v) is 11.0. The number of hydrogen-bond acceptors (Lipinski definition) is 4. The minimum atomic E-state index is -0.480. The van der Waals surface area contributed by atoms with Gasteiger partial charge >= 0.3 is 0 Å². The van der Waals surface area contributed by atoms with Crippen molar-refractivity contribution in [2.24, 2.45) is 0 Å². The Kier molecular flexibility index (Phi) is 7.11. The molecule has 2 unspecified atom stereocenters. The van der Waals surface area contributed by atoms with Crippen LogP contribution in [0.1, 0.15) is 67.8 Å². The molecule has 5 nitrogen and oxygen atoms in total. The molecular weight excluding hydrogens is 449 g/mol. The average molecular weight is 484 g/mol. The molecule has 182 valence electrons. The summed E-state index contributed by atoms with van der Waals surface area (Å²) in [5.74, 6) is -0.604. The Labute approximate surface area is 206 Å². The SMILES string of the molecule is CC1CCCN1CC1CCCN1C(=O)c1ccc(C2=CCC=C(C(=O)N3CCCC3)S2)cc1F. The predicted octanol–water partition coefficient (Wildman–Crippen LogP) is 4.90. The molecule has 5 rings (SSSR count). The van der Waals surface area contributed by atoms with E-state index in [1.54, 1.807) is 6.07 Å². The first-order valence-electron chi connectivity index (χ1n) is 12.7. The minimum absolute atomic E-state index is 0.0766. The van der Waals surface area contributed by atoms with E-state index >= 15 is 4.39 Å². The number of hydrogen-bond donors (Lipinski definition) is 0. The highest BCUT2D eigenvalue weighted by atomic mass is 32.2. The summed E-state index contributed by atoms with van der Waals surface area (Å²) in [6.45, 7) is 6.55. The lowest BCUT2D eigenvalue weighted by Gasteiger charge is -2.31. The lowest BCUT2D eigenvalue weighted by atomic mass is 10.1. The van der Waals surface area contributed by atoms with Crippen LogP contribution in [0.2, 0.25) is 0 Å². The van der Waals surface area contributed by atoms with E-state index in [2.05, 4.69) is 11.8 Å². The number of allylic oxidation sites excluding steroid dienone is 2. The zero-order valence-electron chi connectivity index (χ0n) is 20.0. The van der Waals surface area contributed by atoms with Crippen molar-refractivity contribution in [3.05, 3.63) is 52.2 Å². The molecule has 0 radical (unpaired) electrons. The average Bonchev–Trinajstić information content (AvgIpc) is 3.62. The smallest absolute Gasteiger partial charge is 0.260 e. The molecule has 4 aliphatic rings. The zero-order chi connectivity index (χ0) is 23.7. The van der Waals surface area contributed by atoms with Crippen molar-refractivity contribution >= 4 is 28.5 Å². The number of benzene rings is 1. The Balaban J connectivity index is 1.26. The van der Waals surface area contributed by atoms with Crippen LogP contribution >= 0.6 is 11.8 Å². The molecule has 0 bridgehead atoms. The van der Waals surface area contributed by atoms with E-state index in [1.165, 1.54) is 30.7 Å². The van der Waals surface area contributed by atoms with Gasteiger partial charge in [0.15, 0.2) is 0 Å². The van der Waals surface area contributed by atoms with Crippen LogP contribution in [-0.4, -0.2) is 71.3 Å². The molecule has 1 aromatic carbocycles. The van der Waals surface area contributed by atoms with E-state index < -0.39 is 5.82 Å². The van der Waals surface area contributed by atoms with Gasteiger partial charge in [-0.05, 0) is 76.1 Å². The molecule has 3 saturated heterocycles. The van der Waals surface area contributed by atoms with Crippen molar-refractivity contribution in [1.82, 2.24) is 14.7 Å². The topological polar surface area (TPSA) is 43.9 Å². The van der Waals surface area contributed by atoms with Crippen LogP contribution in [0.4, 0.5) is 4.39 Å². The third-order valence-electron chi connectivity index (χ3n) is 7.69. The van der Waals surface area contributed by atoms with Crippen molar-refractivity contribution in [3.8, 4) is 0 Å². The maximum absolute atomic E-state index is 15.2. The van der Waals surface area contributed by atoms with Crippen molar-refractivity contribution in [3.63, 3.8) is 0 Å². The zero-order valence-corrected chi connectivity index (χ0v) is 20.8. The molecule has 34 heavy (non-hydrogen) atoms. The van der Waals surface area contributed by atoms with Gasteiger partial charge < -0.3 is 9.80 Å². The summed E-state index contributed by atoms with van der Waals surface area (Å²) in [5, 5.41) is 0. The summed E-state index contributed by atoms with van der Waals surface area (Å²) in [6.07, 6.45) is 11.1. The first-order chi connectivity index (χ1) is 16.5. The van der Waals surface area contributed by atoms with Crippen LogP contribution < -0.4 is 0 Å². The van der Waals surface area contributed by atoms with E-state index in [1.807, 2.05) is 28.0 Å². The molecule has 0 spiro atoms. The maximum Gasteiger partial charge on any atom is 0.260 e. The van der Waals surface area contributed by atoms with Gasteiger partial charge in [0.1, 0.15) is 5.82 Å². The van der Waals surface area contributed by atoms with Gasteiger partial charge in [0, 0.05) is 43.2 Å². The first-order valence-corrected chi connectivity index (χ1v) is 13.6. The Hall–Kier alpha value is -2.12. The van der Waals surface area contributed by atoms with Crippen molar-refractivity contribution in [2.45, 2.75) is 64.0 Å². The van der Waals surface area contributed by atoms with Gasteiger partial charge in [0.25, 0.3) is 11.8 Å². The molecule has 0 aliphatic carbocycles. The van der Waals surface area contributed by atoms with Gasteiger partial charge in [0.05, 0.1) is 10.5 Å². The lowest BCUT2D eigenvalue weighted by molar-refractivity contribution is -0.125. The van der Waals surface area contributed by atoms with Gasteiger partial charge in [-0.15, -0.1) is 0 Å². The van der Waals surface area contributed by atoms with Gasteiger partial charge in [-0.2, -0.15) is 0 Å². The quantitative estimate of drug-likeness (QED) is 0.598. The number of rotatable bonds is 5. The molecule has 4 aliphatic heterocycles. The van der Waals surface area contributed by atoms with E-state index in [0.29, 0.717) is 19.0 Å². The summed E-state index contributed by atoms with van der Waals surface area (Å²) < 4.78 is 15.2. The monoisotopic (exact) mass is 483 g/mol. The highest BCUT2D eigenvalue weighted by Crippen LogP contribution is 2.39. The fraction of sp³-hybridized carbons (Fsp3) is 0.556. The van der Waals surface area contributed by atoms with Crippen molar-refractivity contribution < 1.29 is 14.0 Å². The summed E-state index contributed by atoms with van der Waals surface area (Å²) in [6, 6.07) is 5.64. The molecule has 3 fully saturated rings. The fourth-order valence-electron chi connectivity index (χ4n) is 5.68. The standard InChI is InChI=1S/C27H34FN3O2S/c1-19-7-5-15-30(19)18-21-8-6-16-31(21)26(32)22-12-11-20(17-23(22)28)24-9-4-10-25(34-24)27(33)29-13-2-3-14-29/h9-12,17,19,21H,2-8,13-16,18H2,1H3. The molecule has 0 aromatic heterocycles. The Morgan fingerprint density at radius 1 is 1.00 bits per heavy atom. The van der Waals surface area contributed by atoms with E-state index in [0.717, 1.165) is 67.2 Å². The lowest BCUT2D eigenvalue weighted by Crippen LogP contribution is -2.44. The predicted molar refractivity (Wildman–Crippen MR) is 135 cm³/mol. The van der Waals surface area contributed by atoms with Crippen LogP contribution in [-0.2, 0) is 4.79 Å². The molecule has 2 atom stereocenters. The number of carbonyl (C=O) groups excluding carboxylic acids is 2. The number of likely N-dealkylation sites (tertiary alicyclic amines) is 3. The van der Waals surface area contributed by atoms with Gasteiger partial charge in [-0.3, -0.25) is 14.5 Å². The van der Waals surface area contributed by atoms with Gasteiger partial charge in [0.2, 0.25) is 0 Å². The minimum Gasteiger partial charge on any atom is -0.338 e. The molecule has 7 heteroatoms. The largest absolute Gasteiger partial charge is 0.338 e. The molecular formula is C27H34FN3O2S. The van der Waals surface area contributed by atoms with Crippen LogP contribution in [0.15, 0.2) is 35.3 Å². The summed E-state index contributed by atoms with van der Waals surface area (Å²) in [7, 11) is 0. The fourth-order valence-corrected chi connectivity index (χ4v) is 6.74. The molecule has 2 amide bonds. The van der Waals surface area contributed by atoms with Gasteiger partial charge in [-0.25, -0.2) is 4.39 Å². The first kappa shape index (κ1) is 23.6. The molecule has 1 aromatic rings. The second kappa shape index (κ2) is 10.2. The summed E-state index contributed by atoms with van der Waals surface area (Å²) in [4.78, 5) is 33.9. The number of thioether (sulfide) groups is 1. The second-order valence-electron chi connectivity index (χ2n) is 9.95. The van der Waals surface area contributed by atoms with E-state index in [4.69, 9.17) is 0 Å². The normalized spacial score (nSPS) is 25.6. The number of nitrogens with zero attached hydrogens (tertiary/aromatic N) is 3. The molecule has 0 saturated carbocycles. The number of carbonyl (C=O) groups is 2. The Morgan fingerprint density at radius 3 is 2.53 bits per heavy atom. The number of amides is 2. The highest BCUT2D eigenvalue weighted by Gasteiger charge is 2.34. The van der Waals surface area contributed by atoms with Crippen LogP contribution in [0, 0.1) is 5.82 Å². The van der Waals surface area contributed by atoms with E-state index in [-0.39, 0.29) is 23.4 Å². The molecule has 0 N–H and O–H groups in total. The van der Waals surface area contributed by atoms with E-state index in [9.17, 15) is 9.59 Å². The summed E-state index contributed by atoms with van der Waals surface area (Å²) in [5.41, 5.74) is 0.873. The third-order valence-corrected chi connectivity index (χ3v) is 8.87. The van der Waals surface area contributed by atoms with Crippen LogP contribution in [0.3, 0.4) is 0 Å². The maximum atomic E-state index is 15.2. The molecule has 4 heterocycles. The van der Waals surface area contributed by atoms with Crippen molar-refractivity contribution in [2.75, 3.05) is 32.7 Å². The summed E-state index contributed by atoms with van der Waals surface area (Å²) >= 11 is 1.41. The van der Waals surface area contributed by atoms with Gasteiger partial charge in [-0.1, -0.05) is 30.0 Å². The highest BCUT2D eigenvalue weighted by molar-refractivity contribution is 8.12. The third kappa shape index (κ3) is 4.82.